The van der Waals surface area contributed by atoms with Crippen LogP contribution in [0.15, 0.2) is 36.8 Å². The average molecular weight is 239 g/mol. The number of nitrogens with two attached hydrogens (primary N) is 1. The van der Waals surface area contributed by atoms with Gasteiger partial charge in [0.2, 0.25) is 0 Å². The van der Waals surface area contributed by atoms with Crippen LogP contribution in [0.1, 0.15) is 5.56 Å². The smallest absolute Gasteiger partial charge is 0.161 e. The number of aromatic nitrogens is 4. The summed E-state index contributed by atoms with van der Waals surface area (Å²) in [5.74, 6) is 0.812. The lowest BCUT2D eigenvalue weighted by molar-refractivity contribution is 0.946. The van der Waals surface area contributed by atoms with Crippen molar-refractivity contribution < 1.29 is 0 Å². The van der Waals surface area contributed by atoms with Crippen LogP contribution in [0.25, 0.3) is 22.6 Å². The maximum atomic E-state index is 5.64. The van der Waals surface area contributed by atoms with E-state index in [1.165, 1.54) is 0 Å². The molecule has 18 heavy (non-hydrogen) atoms. The van der Waals surface area contributed by atoms with Gasteiger partial charge >= 0.3 is 0 Å². The summed E-state index contributed by atoms with van der Waals surface area (Å²) < 4.78 is 2.01. The third kappa shape index (κ3) is 1.65. The summed E-state index contributed by atoms with van der Waals surface area (Å²) >= 11 is 0. The third-order valence-corrected chi connectivity index (χ3v) is 2.97. The van der Waals surface area contributed by atoms with E-state index in [2.05, 4.69) is 15.0 Å². The fraction of sp³-hybridized carbons (Fsp3) is 0.154. The molecule has 2 N–H and O–H groups in total. The van der Waals surface area contributed by atoms with Gasteiger partial charge in [-0.05, 0) is 17.7 Å². The van der Waals surface area contributed by atoms with Gasteiger partial charge in [0.25, 0.3) is 0 Å². The van der Waals surface area contributed by atoms with E-state index in [9.17, 15) is 0 Å². The second-order valence-electron chi connectivity index (χ2n) is 4.11. The van der Waals surface area contributed by atoms with Crippen LogP contribution in [-0.4, -0.2) is 19.5 Å². The summed E-state index contributed by atoms with van der Waals surface area (Å²) in [6.45, 7) is 0.521. The molecule has 0 radical (unpaired) electrons. The van der Waals surface area contributed by atoms with Gasteiger partial charge in [-0.15, -0.1) is 0 Å². The zero-order valence-electron chi connectivity index (χ0n) is 10.0. The quantitative estimate of drug-likeness (QED) is 0.735. The van der Waals surface area contributed by atoms with Crippen molar-refractivity contribution in [3.63, 3.8) is 0 Å². The maximum Gasteiger partial charge on any atom is 0.161 e. The average Bonchev–Trinajstić information content (AvgIpc) is 2.76. The Bertz CT molecular complexity index is 687. The van der Waals surface area contributed by atoms with Crippen molar-refractivity contribution in [2.45, 2.75) is 6.54 Å². The number of aryl methyl sites for hydroxylation is 1. The number of rotatable bonds is 2. The van der Waals surface area contributed by atoms with Crippen molar-refractivity contribution in [1.29, 1.82) is 0 Å². The fourth-order valence-electron chi connectivity index (χ4n) is 2.02. The fourth-order valence-corrected chi connectivity index (χ4v) is 2.02. The summed E-state index contributed by atoms with van der Waals surface area (Å²) in [5.41, 5.74) is 9.48. The lowest BCUT2D eigenvalue weighted by Gasteiger charge is -2.00. The predicted octanol–water partition coefficient (Wildman–Crippen LogP) is 1.49. The van der Waals surface area contributed by atoms with E-state index in [0.717, 1.165) is 28.1 Å². The van der Waals surface area contributed by atoms with Crippen molar-refractivity contribution >= 4 is 11.0 Å². The SMILES string of the molecule is Cn1c(-c2cnccn2)nc2cc(CN)ccc21. The Morgan fingerprint density at radius 2 is 2.17 bits per heavy atom. The minimum absolute atomic E-state index is 0.521. The first kappa shape index (κ1) is 10.9. The Labute approximate surface area is 104 Å². The van der Waals surface area contributed by atoms with Gasteiger partial charge in [0.05, 0.1) is 17.2 Å². The molecule has 2 heterocycles. The second-order valence-corrected chi connectivity index (χ2v) is 4.11. The first-order valence-corrected chi connectivity index (χ1v) is 5.71. The molecule has 0 unspecified atom stereocenters. The molecule has 0 spiro atoms. The number of hydrogen-bond acceptors (Lipinski definition) is 4. The van der Waals surface area contributed by atoms with Gasteiger partial charge in [-0.2, -0.15) is 0 Å². The van der Waals surface area contributed by atoms with Crippen LogP contribution in [0.3, 0.4) is 0 Å². The predicted molar refractivity (Wildman–Crippen MR) is 69.6 cm³/mol. The number of nitrogens with zero attached hydrogens (tertiary/aromatic N) is 4. The molecule has 2 aromatic heterocycles. The molecular weight excluding hydrogens is 226 g/mol. The maximum absolute atomic E-state index is 5.64. The van der Waals surface area contributed by atoms with E-state index in [-0.39, 0.29) is 0 Å². The number of fused-ring (bicyclic) bond motifs is 1. The molecule has 0 bridgehead atoms. The summed E-state index contributed by atoms with van der Waals surface area (Å²) in [4.78, 5) is 12.9. The molecule has 3 aromatic rings. The molecule has 3 rings (SSSR count). The zero-order chi connectivity index (χ0) is 12.5. The Morgan fingerprint density at radius 3 is 2.89 bits per heavy atom. The van der Waals surface area contributed by atoms with E-state index in [1.807, 2.05) is 29.8 Å². The summed E-state index contributed by atoms with van der Waals surface area (Å²) in [5, 5.41) is 0. The van der Waals surface area contributed by atoms with Crippen LogP contribution in [0.4, 0.5) is 0 Å². The van der Waals surface area contributed by atoms with E-state index < -0.39 is 0 Å². The highest BCUT2D eigenvalue weighted by atomic mass is 15.1. The molecule has 5 nitrogen and oxygen atoms in total. The molecule has 0 aliphatic heterocycles. The van der Waals surface area contributed by atoms with Crippen LogP contribution >= 0.6 is 0 Å². The van der Waals surface area contributed by atoms with Crippen LogP contribution in [0, 0.1) is 0 Å². The van der Waals surface area contributed by atoms with Crippen LogP contribution in [0.5, 0.6) is 0 Å². The lowest BCUT2D eigenvalue weighted by atomic mass is 10.2. The third-order valence-electron chi connectivity index (χ3n) is 2.97. The van der Waals surface area contributed by atoms with Crippen LogP contribution in [-0.2, 0) is 13.6 Å². The summed E-state index contributed by atoms with van der Waals surface area (Å²) in [6, 6.07) is 6.06. The minimum atomic E-state index is 0.521. The molecule has 0 atom stereocenters. The number of hydrogen-bond donors (Lipinski definition) is 1. The number of imidazole rings is 1. The molecule has 0 aliphatic carbocycles. The highest BCUT2D eigenvalue weighted by Crippen LogP contribution is 2.22. The first-order valence-electron chi connectivity index (χ1n) is 5.71. The normalized spacial score (nSPS) is 11.0. The van der Waals surface area contributed by atoms with Crippen LogP contribution < -0.4 is 5.73 Å². The zero-order valence-corrected chi connectivity index (χ0v) is 10.0. The Hall–Kier alpha value is -2.27. The topological polar surface area (TPSA) is 69.6 Å². The highest BCUT2D eigenvalue weighted by molar-refractivity contribution is 5.80. The number of benzene rings is 1. The first-order chi connectivity index (χ1) is 8.79. The van der Waals surface area contributed by atoms with Crippen LogP contribution in [0.2, 0.25) is 0 Å². The van der Waals surface area contributed by atoms with E-state index >= 15 is 0 Å². The van der Waals surface area contributed by atoms with E-state index in [4.69, 9.17) is 5.73 Å². The summed E-state index contributed by atoms with van der Waals surface area (Å²) in [6.07, 6.45) is 5.03. The molecule has 0 fully saturated rings. The van der Waals surface area contributed by atoms with Gasteiger partial charge in [0, 0.05) is 26.0 Å². The standard InChI is InChI=1S/C13H13N5/c1-18-12-3-2-9(7-14)6-10(12)17-13(18)11-8-15-4-5-16-11/h2-6,8H,7,14H2,1H3. The van der Waals surface area contributed by atoms with Gasteiger partial charge in [-0.25, -0.2) is 9.97 Å². The van der Waals surface area contributed by atoms with Crippen molar-refractivity contribution in [2.24, 2.45) is 12.8 Å². The van der Waals surface area contributed by atoms with Crippen molar-refractivity contribution in [1.82, 2.24) is 19.5 Å². The molecule has 0 aliphatic rings. The molecular formula is C13H13N5. The molecule has 5 heteroatoms. The minimum Gasteiger partial charge on any atom is -0.326 e. The molecule has 0 amide bonds. The Kier molecular flexibility index (Phi) is 2.53. The highest BCUT2D eigenvalue weighted by Gasteiger charge is 2.10. The largest absolute Gasteiger partial charge is 0.326 e. The van der Waals surface area contributed by atoms with E-state index in [0.29, 0.717) is 6.54 Å². The van der Waals surface area contributed by atoms with E-state index in [1.54, 1.807) is 18.6 Å². The monoisotopic (exact) mass is 239 g/mol. The molecule has 0 saturated heterocycles. The Morgan fingerprint density at radius 1 is 1.28 bits per heavy atom. The molecule has 0 saturated carbocycles. The second kappa shape index (κ2) is 4.19. The van der Waals surface area contributed by atoms with Gasteiger partial charge in [0.15, 0.2) is 5.82 Å². The lowest BCUT2D eigenvalue weighted by Crippen LogP contribution is -1.96. The molecule has 90 valence electrons. The summed E-state index contributed by atoms with van der Waals surface area (Å²) in [7, 11) is 1.97. The van der Waals surface area contributed by atoms with Crippen molar-refractivity contribution in [2.75, 3.05) is 0 Å². The van der Waals surface area contributed by atoms with Crippen molar-refractivity contribution in [3.05, 3.63) is 42.4 Å². The Balaban J connectivity index is 2.23. The molecule has 1 aromatic carbocycles. The van der Waals surface area contributed by atoms with Gasteiger partial charge in [-0.1, -0.05) is 6.07 Å². The van der Waals surface area contributed by atoms with Gasteiger partial charge in [0.1, 0.15) is 5.69 Å². The van der Waals surface area contributed by atoms with Gasteiger partial charge in [-0.3, -0.25) is 4.98 Å². The van der Waals surface area contributed by atoms with Crippen molar-refractivity contribution in [3.8, 4) is 11.5 Å². The van der Waals surface area contributed by atoms with Gasteiger partial charge < -0.3 is 10.3 Å².